The first-order valence-corrected chi connectivity index (χ1v) is 5.17. The Morgan fingerprint density at radius 1 is 1.29 bits per heavy atom. The van der Waals surface area contributed by atoms with Gasteiger partial charge in [0.1, 0.15) is 5.75 Å². The fraction of sp³-hybridized carbons (Fsp3) is 0.385. The van der Waals surface area contributed by atoms with Crippen molar-refractivity contribution in [1.29, 1.82) is 0 Å². The number of rotatable bonds is 5. The fourth-order valence-corrected chi connectivity index (χ4v) is 1.21. The van der Waals surface area contributed by atoms with Gasteiger partial charge in [-0.15, -0.1) is 0 Å². The molecule has 0 unspecified atom stereocenters. The molecule has 1 aromatic rings. The Balaban J connectivity index is 2.73. The van der Waals surface area contributed by atoms with Crippen LogP contribution in [-0.4, -0.2) is 6.61 Å². The topological polar surface area (TPSA) is 9.23 Å². The van der Waals surface area contributed by atoms with Gasteiger partial charge in [-0.05, 0) is 31.6 Å². The van der Waals surface area contributed by atoms with Gasteiger partial charge in [0.05, 0.1) is 6.61 Å². The van der Waals surface area contributed by atoms with Crippen LogP contribution in [0.2, 0.25) is 0 Å². The van der Waals surface area contributed by atoms with Gasteiger partial charge >= 0.3 is 0 Å². The maximum atomic E-state index is 5.50. The second-order valence-corrected chi connectivity index (χ2v) is 3.07. The Bertz CT molecular complexity index is 289. The van der Waals surface area contributed by atoms with Gasteiger partial charge in [0.25, 0.3) is 0 Å². The summed E-state index contributed by atoms with van der Waals surface area (Å²) in [5, 5.41) is 0. The molecule has 1 aromatic carbocycles. The monoisotopic (exact) mass is 189 g/mol. The van der Waals surface area contributed by atoms with Gasteiger partial charge < -0.3 is 4.74 Å². The highest BCUT2D eigenvalue weighted by molar-refractivity contribution is 5.55. The number of para-hydroxylation sites is 1. The van der Waals surface area contributed by atoms with Gasteiger partial charge in [-0.25, -0.2) is 0 Å². The highest BCUT2D eigenvalue weighted by Crippen LogP contribution is 2.19. The SMILES string of the molecule is CCC/[C]=C\c1ccccc1OCC. The first kappa shape index (κ1) is 10.8. The largest absolute Gasteiger partial charge is 0.493 e. The molecule has 75 valence electrons. The predicted molar refractivity (Wildman–Crippen MR) is 60.2 cm³/mol. The average molecular weight is 189 g/mol. The van der Waals surface area contributed by atoms with Crippen molar-refractivity contribution in [3.8, 4) is 5.75 Å². The van der Waals surface area contributed by atoms with E-state index < -0.39 is 0 Å². The van der Waals surface area contributed by atoms with Crippen molar-refractivity contribution in [2.45, 2.75) is 26.7 Å². The lowest BCUT2D eigenvalue weighted by molar-refractivity contribution is 0.339. The van der Waals surface area contributed by atoms with Crippen LogP contribution in [0, 0.1) is 6.08 Å². The molecule has 1 radical (unpaired) electrons. The molecule has 0 aliphatic rings. The van der Waals surface area contributed by atoms with Crippen molar-refractivity contribution in [1.82, 2.24) is 0 Å². The summed E-state index contributed by atoms with van der Waals surface area (Å²) in [6, 6.07) is 8.04. The highest BCUT2D eigenvalue weighted by atomic mass is 16.5. The maximum Gasteiger partial charge on any atom is 0.126 e. The first-order valence-electron chi connectivity index (χ1n) is 5.17. The zero-order valence-electron chi connectivity index (χ0n) is 8.92. The molecule has 0 atom stereocenters. The van der Waals surface area contributed by atoms with Crippen LogP contribution in [0.1, 0.15) is 32.3 Å². The van der Waals surface area contributed by atoms with Gasteiger partial charge in [-0.2, -0.15) is 0 Å². The lowest BCUT2D eigenvalue weighted by Gasteiger charge is -2.05. The van der Waals surface area contributed by atoms with Crippen molar-refractivity contribution in [3.63, 3.8) is 0 Å². The molecular weight excluding hydrogens is 172 g/mol. The number of hydrogen-bond donors (Lipinski definition) is 0. The zero-order valence-corrected chi connectivity index (χ0v) is 8.92. The third-order valence-electron chi connectivity index (χ3n) is 1.87. The molecule has 0 aromatic heterocycles. The minimum absolute atomic E-state index is 0.707. The van der Waals surface area contributed by atoms with E-state index in [0.717, 1.165) is 24.2 Å². The molecule has 0 aliphatic heterocycles. The normalized spacial score (nSPS) is 10.7. The molecular formula is C13H17O. The zero-order chi connectivity index (χ0) is 10.2. The van der Waals surface area contributed by atoms with Gasteiger partial charge in [-0.1, -0.05) is 31.5 Å². The van der Waals surface area contributed by atoms with Crippen molar-refractivity contribution < 1.29 is 4.74 Å². The maximum absolute atomic E-state index is 5.50. The molecule has 0 spiro atoms. The Morgan fingerprint density at radius 2 is 2.07 bits per heavy atom. The number of unbranched alkanes of at least 4 members (excludes halogenated alkanes) is 1. The van der Waals surface area contributed by atoms with Gasteiger partial charge in [0.2, 0.25) is 0 Å². The quantitative estimate of drug-likeness (QED) is 0.686. The van der Waals surface area contributed by atoms with E-state index in [0.29, 0.717) is 6.61 Å². The van der Waals surface area contributed by atoms with E-state index >= 15 is 0 Å². The lowest BCUT2D eigenvalue weighted by atomic mass is 10.1. The Labute approximate surface area is 86.4 Å². The van der Waals surface area contributed by atoms with Crippen LogP contribution in [0.25, 0.3) is 6.08 Å². The van der Waals surface area contributed by atoms with Crippen molar-refractivity contribution in [3.05, 3.63) is 35.9 Å². The van der Waals surface area contributed by atoms with Crippen LogP contribution in [0.3, 0.4) is 0 Å². The number of allylic oxidation sites excluding steroid dienone is 1. The second kappa shape index (κ2) is 6.25. The summed E-state index contributed by atoms with van der Waals surface area (Å²) in [7, 11) is 0. The fourth-order valence-electron chi connectivity index (χ4n) is 1.21. The summed E-state index contributed by atoms with van der Waals surface area (Å²) in [5.41, 5.74) is 1.11. The van der Waals surface area contributed by atoms with E-state index in [4.69, 9.17) is 4.74 Å². The van der Waals surface area contributed by atoms with Crippen LogP contribution in [0.15, 0.2) is 24.3 Å². The van der Waals surface area contributed by atoms with Crippen molar-refractivity contribution in [2.75, 3.05) is 6.61 Å². The molecule has 1 heteroatoms. The summed E-state index contributed by atoms with van der Waals surface area (Å²) >= 11 is 0. The van der Waals surface area contributed by atoms with E-state index in [2.05, 4.69) is 13.0 Å². The van der Waals surface area contributed by atoms with Crippen molar-refractivity contribution >= 4 is 6.08 Å². The van der Waals surface area contributed by atoms with Crippen LogP contribution in [-0.2, 0) is 0 Å². The van der Waals surface area contributed by atoms with E-state index in [1.807, 2.05) is 37.3 Å². The number of hydrogen-bond acceptors (Lipinski definition) is 1. The Morgan fingerprint density at radius 3 is 2.79 bits per heavy atom. The van der Waals surface area contributed by atoms with Gasteiger partial charge in [-0.3, -0.25) is 0 Å². The molecule has 0 bridgehead atoms. The van der Waals surface area contributed by atoms with E-state index in [-0.39, 0.29) is 0 Å². The van der Waals surface area contributed by atoms with E-state index in [1.165, 1.54) is 0 Å². The third-order valence-corrected chi connectivity index (χ3v) is 1.87. The highest BCUT2D eigenvalue weighted by Gasteiger charge is 1.96. The third kappa shape index (κ3) is 3.25. The summed E-state index contributed by atoms with van der Waals surface area (Å²) in [6.45, 7) is 4.85. The minimum Gasteiger partial charge on any atom is -0.493 e. The number of ether oxygens (including phenoxy) is 1. The molecule has 0 fully saturated rings. The molecule has 0 heterocycles. The summed E-state index contributed by atoms with van der Waals surface area (Å²) in [4.78, 5) is 0. The van der Waals surface area contributed by atoms with Crippen LogP contribution < -0.4 is 4.74 Å². The standard InChI is InChI=1S/C13H17O/c1-3-5-6-9-12-10-7-8-11-13(12)14-4-2/h7-11H,3-5H2,1-2H3. The van der Waals surface area contributed by atoms with Crippen LogP contribution in [0.5, 0.6) is 5.75 Å². The molecule has 0 saturated carbocycles. The smallest absolute Gasteiger partial charge is 0.126 e. The predicted octanol–water partition coefficient (Wildman–Crippen LogP) is 3.70. The van der Waals surface area contributed by atoms with Crippen molar-refractivity contribution in [2.24, 2.45) is 0 Å². The molecule has 1 nitrogen and oxygen atoms in total. The lowest BCUT2D eigenvalue weighted by Crippen LogP contribution is -1.93. The molecule has 1 rings (SSSR count). The summed E-state index contributed by atoms with van der Waals surface area (Å²) in [6.07, 6.45) is 7.39. The molecule has 0 N–H and O–H groups in total. The molecule has 0 saturated heterocycles. The Kier molecular flexibility index (Phi) is 4.84. The van der Waals surface area contributed by atoms with Gasteiger partial charge in [0.15, 0.2) is 0 Å². The number of benzene rings is 1. The van der Waals surface area contributed by atoms with Crippen LogP contribution in [0.4, 0.5) is 0 Å². The Hall–Kier alpha value is -1.24. The summed E-state index contributed by atoms with van der Waals surface area (Å²) in [5.74, 6) is 0.943. The molecule has 0 amide bonds. The minimum atomic E-state index is 0.707. The molecule has 0 aliphatic carbocycles. The summed E-state index contributed by atoms with van der Waals surface area (Å²) < 4.78 is 5.50. The van der Waals surface area contributed by atoms with Crippen LogP contribution >= 0.6 is 0 Å². The first-order chi connectivity index (χ1) is 6.88. The van der Waals surface area contributed by atoms with Gasteiger partial charge in [0, 0.05) is 5.56 Å². The van der Waals surface area contributed by atoms with E-state index in [1.54, 1.807) is 0 Å². The second-order valence-electron chi connectivity index (χ2n) is 3.07. The molecule has 14 heavy (non-hydrogen) atoms. The van der Waals surface area contributed by atoms with E-state index in [9.17, 15) is 0 Å². The average Bonchev–Trinajstić information content (AvgIpc) is 2.21.